The number of phosphoric acid groups is 1. The minimum absolute atomic E-state index is 0. The zero-order valence-electron chi connectivity index (χ0n) is 23.4. The molecule has 3 aromatic rings. The molecule has 0 amide bonds. The van der Waals surface area contributed by atoms with Crippen molar-refractivity contribution in [3.8, 4) is 17.1 Å². The third kappa shape index (κ3) is 8.75. The van der Waals surface area contributed by atoms with E-state index in [9.17, 15) is 13.2 Å². The molecule has 40 heavy (non-hydrogen) atoms. The summed E-state index contributed by atoms with van der Waals surface area (Å²) in [6.07, 6.45) is 1.54. The maximum atomic E-state index is 13.5. The molecule has 0 radical (unpaired) electrons. The molecule has 0 saturated carbocycles. The van der Waals surface area contributed by atoms with Crippen molar-refractivity contribution in [3.05, 3.63) is 34.2 Å². The fourth-order valence-electron chi connectivity index (χ4n) is 4.54. The van der Waals surface area contributed by atoms with Crippen molar-refractivity contribution in [2.24, 2.45) is 7.05 Å². The van der Waals surface area contributed by atoms with E-state index in [2.05, 4.69) is 15.4 Å². The molecule has 216 valence electrons. The molecule has 0 unspecified atom stereocenters. The number of hydrogen-bond acceptors (Lipinski definition) is 10. The standard InChI is InChI=1S/C23H32N6O4S.K.H3O4P/c1-6-8-18-20-21(28(5)27-18)23(30)26-22(25-20)17-11-16(9-10-19(17)33-7-2)34(31,32)29-12-14(3)24-15(4)13-29;;1-5(2,3)4/h9-11,14-15,24H,6-8,12-13H2,1-5H3,(H,25,26,30);;(H3,1,2,3,4)/q;+1;/p-2/t14-,15+;;. The van der Waals surface area contributed by atoms with Crippen molar-refractivity contribution >= 4 is 28.9 Å². The van der Waals surface area contributed by atoms with Crippen LogP contribution in [0.15, 0.2) is 27.9 Å². The average Bonchev–Trinajstić information content (AvgIpc) is 3.13. The van der Waals surface area contributed by atoms with Gasteiger partial charge in [0.15, 0.2) is 5.52 Å². The van der Waals surface area contributed by atoms with Gasteiger partial charge in [0.1, 0.15) is 17.1 Å². The second-order valence-corrected chi connectivity index (χ2v) is 12.2. The van der Waals surface area contributed by atoms with Crippen LogP contribution in [-0.4, -0.2) is 69.1 Å². The van der Waals surface area contributed by atoms with Gasteiger partial charge in [0, 0.05) is 32.2 Å². The van der Waals surface area contributed by atoms with E-state index in [-0.39, 0.29) is 79.7 Å². The first-order valence-corrected chi connectivity index (χ1v) is 15.3. The number of rotatable bonds is 7. The zero-order valence-corrected chi connectivity index (χ0v) is 28.2. The number of nitrogens with one attached hydrogen (secondary N) is 2. The molecule has 1 aliphatic heterocycles. The van der Waals surface area contributed by atoms with Gasteiger partial charge >= 0.3 is 51.4 Å². The van der Waals surface area contributed by atoms with Crippen molar-refractivity contribution in [1.29, 1.82) is 0 Å². The Morgan fingerprint density at radius 2 is 1.80 bits per heavy atom. The van der Waals surface area contributed by atoms with E-state index in [1.165, 1.54) is 15.1 Å². The van der Waals surface area contributed by atoms with Crippen LogP contribution in [0.1, 0.15) is 39.8 Å². The Kier molecular flexibility index (Phi) is 12.7. The van der Waals surface area contributed by atoms with Crippen molar-refractivity contribution in [1.82, 2.24) is 29.4 Å². The molecule has 0 spiro atoms. The Morgan fingerprint density at radius 3 is 2.35 bits per heavy atom. The predicted molar refractivity (Wildman–Crippen MR) is 140 cm³/mol. The number of fused-ring (bicyclic) bond motifs is 1. The minimum atomic E-state index is -5.14. The Morgan fingerprint density at radius 1 is 1.20 bits per heavy atom. The number of piperazine rings is 1. The number of H-pyrrole nitrogens is 1. The molecule has 3 N–H and O–H groups in total. The summed E-state index contributed by atoms with van der Waals surface area (Å²) in [5.74, 6) is 0.706. The number of benzene rings is 1. The van der Waals surface area contributed by atoms with Gasteiger partial charge in [-0.25, -0.2) is 13.4 Å². The van der Waals surface area contributed by atoms with Crippen LogP contribution in [0.25, 0.3) is 22.4 Å². The molecule has 2 aromatic heterocycles. The van der Waals surface area contributed by atoms with E-state index in [0.717, 1.165) is 12.1 Å². The summed E-state index contributed by atoms with van der Waals surface area (Å²) in [6, 6.07) is 4.80. The number of aromatic amines is 1. The average molecular weight is 624 g/mol. The monoisotopic (exact) mass is 623 g/mol. The van der Waals surface area contributed by atoms with Crippen molar-refractivity contribution < 1.29 is 83.8 Å². The Bertz CT molecular complexity index is 1520. The molecule has 17 heteroatoms. The summed E-state index contributed by atoms with van der Waals surface area (Å²) in [6.45, 7) is 8.96. The van der Waals surface area contributed by atoms with Crippen molar-refractivity contribution in [3.63, 3.8) is 0 Å². The molecule has 1 fully saturated rings. The van der Waals surface area contributed by atoms with Crippen LogP contribution in [0.2, 0.25) is 0 Å². The zero-order chi connectivity index (χ0) is 29.1. The van der Waals surface area contributed by atoms with Gasteiger partial charge in [0.2, 0.25) is 10.0 Å². The van der Waals surface area contributed by atoms with Gasteiger partial charge in [-0.1, -0.05) is 13.3 Å². The SMILES string of the molecule is CCCc1nn(C)c2c(=O)[nH]c(-c3cc(S(=O)(=O)N4C[C@@H](C)N[C@@H](C)C4)ccc3OCC)nc12.O=P([O-])([O-])O.[K+]. The Labute approximate surface area is 275 Å². The van der Waals surface area contributed by atoms with E-state index < -0.39 is 17.8 Å². The molecular weight excluding hydrogens is 590 g/mol. The van der Waals surface area contributed by atoms with Gasteiger partial charge in [-0.05, 0) is 45.4 Å². The molecule has 1 aromatic carbocycles. The van der Waals surface area contributed by atoms with Gasteiger partial charge in [0.05, 0.1) is 30.6 Å². The topological polar surface area (TPSA) is 206 Å². The summed E-state index contributed by atoms with van der Waals surface area (Å²) in [5, 5.41) is 7.81. The predicted octanol–water partition coefficient (Wildman–Crippen LogP) is -3.14. The van der Waals surface area contributed by atoms with Crippen molar-refractivity contribution in [2.45, 2.75) is 57.5 Å². The normalized spacial score (nSPS) is 18.1. The summed E-state index contributed by atoms with van der Waals surface area (Å²) >= 11 is 0. The first-order valence-electron chi connectivity index (χ1n) is 12.4. The molecule has 2 atom stereocenters. The van der Waals surface area contributed by atoms with Crippen molar-refractivity contribution in [2.75, 3.05) is 19.7 Å². The fourth-order valence-corrected chi connectivity index (χ4v) is 6.18. The fraction of sp³-hybridized carbons (Fsp3) is 0.522. The summed E-state index contributed by atoms with van der Waals surface area (Å²) in [7, 11) is -7.18. The van der Waals surface area contributed by atoms with Gasteiger partial charge in [0.25, 0.3) is 5.56 Å². The molecule has 1 aliphatic rings. The third-order valence-electron chi connectivity index (χ3n) is 5.92. The second-order valence-electron chi connectivity index (χ2n) is 9.28. The largest absolute Gasteiger partial charge is 1.00 e. The first-order chi connectivity index (χ1) is 18.1. The van der Waals surface area contributed by atoms with E-state index in [1.807, 2.05) is 27.7 Å². The van der Waals surface area contributed by atoms with E-state index in [1.54, 1.807) is 19.2 Å². The number of nitrogens with zero attached hydrogens (tertiary/aromatic N) is 4. The van der Waals surface area contributed by atoms with Crippen LogP contribution in [0.5, 0.6) is 5.75 Å². The summed E-state index contributed by atoms with van der Waals surface area (Å²) in [4.78, 5) is 44.9. The molecule has 1 saturated heterocycles. The van der Waals surface area contributed by atoms with E-state index in [4.69, 9.17) is 29.0 Å². The third-order valence-corrected chi connectivity index (χ3v) is 7.74. The Hall–Kier alpha value is -1.01. The number of ether oxygens (including phenoxy) is 1. The van der Waals surface area contributed by atoms with Crippen LogP contribution in [0, 0.1) is 0 Å². The molecule has 14 nitrogen and oxygen atoms in total. The molecule has 4 rings (SSSR count). The molecule has 0 bridgehead atoms. The number of sulfonamides is 1. The smallest absolute Gasteiger partial charge is 0.790 e. The summed E-state index contributed by atoms with van der Waals surface area (Å²) < 4.78 is 44.5. The van der Waals surface area contributed by atoms with Crippen LogP contribution >= 0.6 is 7.82 Å². The van der Waals surface area contributed by atoms with Gasteiger partial charge in [-0.15, -0.1) is 0 Å². The molecule has 0 aliphatic carbocycles. The van der Waals surface area contributed by atoms with Gasteiger partial charge in [-0.3, -0.25) is 9.48 Å². The maximum absolute atomic E-state index is 13.5. The molecular formula is C23H33KN6O8PS-. The minimum Gasteiger partial charge on any atom is -0.790 e. The van der Waals surface area contributed by atoms with E-state index in [0.29, 0.717) is 48.5 Å². The number of aromatic nitrogens is 4. The maximum Gasteiger partial charge on any atom is 1.00 e. The number of aryl methyl sites for hydroxylation is 2. The van der Waals surface area contributed by atoms with Gasteiger partial charge < -0.3 is 34.3 Å². The van der Waals surface area contributed by atoms with Gasteiger partial charge in [-0.2, -0.15) is 9.40 Å². The first kappa shape index (κ1) is 35.2. The van der Waals surface area contributed by atoms with Crippen LogP contribution in [-0.2, 0) is 28.1 Å². The van der Waals surface area contributed by atoms with E-state index >= 15 is 0 Å². The quantitative estimate of drug-likeness (QED) is 0.177. The van der Waals surface area contributed by atoms with Crippen LogP contribution < -0.4 is 76.8 Å². The van der Waals surface area contributed by atoms with Crippen LogP contribution in [0.4, 0.5) is 0 Å². The Balaban J connectivity index is 0.000000858. The molecule has 3 heterocycles. The number of hydrogen-bond donors (Lipinski definition) is 3. The summed E-state index contributed by atoms with van der Waals surface area (Å²) in [5.41, 5.74) is 1.72. The second kappa shape index (κ2) is 14.4. The van der Waals surface area contributed by atoms with Crippen LogP contribution in [0.3, 0.4) is 0 Å².